The minimum Gasteiger partial charge on any atom is -0.468 e. The lowest BCUT2D eigenvalue weighted by Gasteiger charge is -2.33. The van der Waals surface area contributed by atoms with Crippen LogP contribution in [0.2, 0.25) is 0 Å². The first kappa shape index (κ1) is 22.4. The Morgan fingerprint density at radius 1 is 1.07 bits per heavy atom. The number of benzene rings is 1. The van der Waals surface area contributed by atoms with E-state index in [-0.39, 0.29) is 6.04 Å². The fourth-order valence-electron chi connectivity index (χ4n) is 3.94. The molecule has 1 aromatic carbocycles. The molecule has 6 heteroatoms. The van der Waals surface area contributed by atoms with E-state index in [1.54, 1.807) is 6.26 Å². The van der Waals surface area contributed by atoms with Crippen LogP contribution in [-0.2, 0) is 13.1 Å². The van der Waals surface area contributed by atoms with Gasteiger partial charge in [0.2, 0.25) is 0 Å². The van der Waals surface area contributed by atoms with E-state index in [0.717, 1.165) is 44.4 Å². The molecule has 0 saturated carbocycles. The molecular weight excluding hydrogens is 374 g/mol. The summed E-state index contributed by atoms with van der Waals surface area (Å²) in [4.78, 5) is 9.52. The van der Waals surface area contributed by atoms with Gasteiger partial charge in [0, 0.05) is 19.6 Å². The summed E-state index contributed by atoms with van der Waals surface area (Å²) in [6, 6.07) is 13.0. The molecule has 1 aliphatic rings. The maximum Gasteiger partial charge on any atom is 0.191 e. The van der Waals surface area contributed by atoms with E-state index in [4.69, 9.17) is 9.41 Å². The zero-order valence-corrected chi connectivity index (χ0v) is 18.7. The second kappa shape index (κ2) is 11.8. The zero-order valence-electron chi connectivity index (χ0n) is 18.7. The van der Waals surface area contributed by atoms with Gasteiger partial charge < -0.3 is 20.0 Å². The van der Waals surface area contributed by atoms with Crippen molar-refractivity contribution >= 4 is 5.96 Å². The van der Waals surface area contributed by atoms with Crippen molar-refractivity contribution in [3.05, 3.63) is 59.5 Å². The first-order valence-electron chi connectivity index (χ1n) is 11.2. The van der Waals surface area contributed by atoms with E-state index in [1.807, 2.05) is 6.07 Å². The number of nitrogens with zero attached hydrogens (tertiary/aromatic N) is 3. The number of rotatable bonds is 9. The third-order valence-corrected chi connectivity index (χ3v) is 5.45. The van der Waals surface area contributed by atoms with Crippen LogP contribution in [0.5, 0.6) is 0 Å². The van der Waals surface area contributed by atoms with Gasteiger partial charge in [-0.25, -0.2) is 4.99 Å². The Balaban J connectivity index is 1.61. The molecule has 0 aliphatic carbocycles. The van der Waals surface area contributed by atoms with Crippen LogP contribution in [0.25, 0.3) is 0 Å². The topological polar surface area (TPSA) is 56.0 Å². The van der Waals surface area contributed by atoms with Gasteiger partial charge in [0.15, 0.2) is 5.96 Å². The highest BCUT2D eigenvalue weighted by molar-refractivity contribution is 5.79. The van der Waals surface area contributed by atoms with E-state index in [1.165, 1.54) is 30.4 Å². The molecule has 1 atom stereocenters. The average molecular weight is 412 g/mol. The summed E-state index contributed by atoms with van der Waals surface area (Å²) in [6.07, 6.45) is 5.61. The number of furan rings is 1. The molecule has 0 spiro atoms. The lowest BCUT2D eigenvalue weighted by molar-refractivity contribution is 0.146. The SMILES string of the molecule is CCNC(=NCc1ccc(CN(C)C)cc1)NCC(c1ccco1)N1CCCCC1. The molecule has 2 N–H and O–H groups in total. The average Bonchev–Trinajstić information content (AvgIpc) is 3.28. The van der Waals surface area contributed by atoms with Crippen molar-refractivity contribution < 1.29 is 4.42 Å². The van der Waals surface area contributed by atoms with Crippen LogP contribution in [0.3, 0.4) is 0 Å². The Kier molecular flexibility index (Phi) is 8.78. The maximum atomic E-state index is 5.76. The lowest BCUT2D eigenvalue weighted by atomic mass is 10.1. The minimum absolute atomic E-state index is 0.231. The molecule has 30 heavy (non-hydrogen) atoms. The van der Waals surface area contributed by atoms with Gasteiger partial charge >= 0.3 is 0 Å². The molecule has 1 aliphatic heterocycles. The lowest BCUT2D eigenvalue weighted by Crippen LogP contribution is -2.44. The van der Waals surface area contributed by atoms with Crippen molar-refractivity contribution in [1.29, 1.82) is 0 Å². The quantitative estimate of drug-likeness (QED) is 0.488. The van der Waals surface area contributed by atoms with Crippen LogP contribution in [0.15, 0.2) is 52.1 Å². The van der Waals surface area contributed by atoms with Gasteiger partial charge in [-0.05, 0) is 70.2 Å². The van der Waals surface area contributed by atoms with Crippen molar-refractivity contribution in [2.24, 2.45) is 4.99 Å². The van der Waals surface area contributed by atoms with Gasteiger partial charge in [-0.1, -0.05) is 30.7 Å². The Bertz CT molecular complexity index is 748. The third kappa shape index (κ3) is 6.89. The summed E-state index contributed by atoms with van der Waals surface area (Å²) in [6.45, 7) is 7.58. The number of nitrogens with one attached hydrogen (secondary N) is 2. The number of aliphatic imine (C=N–C) groups is 1. The van der Waals surface area contributed by atoms with Crippen LogP contribution < -0.4 is 10.6 Å². The van der Waals surface area contributed by atoms with E-state index in [9.17, 15) is 0 Å². The second-order valence-corrected chi connectivity index (χ2v) is 8.26. The van der Waals surface area contributed by atoms with E-state index < -0.39 is 0 Å². The molecule has 0 radical (unpaired) electrons. The van der Waals surface area contributed by atoms with Crippen LogP contribution in [0, 0.1) is 0 Å². The van der Waals surface area contributed by atoms with Crippen LogP contribution >= 0.6 is 0 Å². The van der Waals surface area contributed by atoms with E-state index in [0.29, 0.717) is 6.54 Å². The number of hydrogen-bond acceptors (Lipinski definition) is 4. The molecule has 0 bridgehead atoms. The number of piperidine rings is 1. The molecule has 3 rings (SSSR count). The van der Waals surface area contributed by atoms with Crippen molar-refractivity contribution in [1.82, 2.24) is 20.4 Å². The number of guanidine groups is 1. The summed E-state index contributed by atoms with van der Waals surface area (Å²) in [7, 11) is 4.18. The van der Waals surface area contributed by atoms with Gasteiger partial charge in [-0.3, -0.25) is 4.90 Å². The molecule has 1 aromatic heterocycles. The van der Waals surface area contributed by atoms with Crippen LogP contribution in [-0.4, -0.2) is 56.0 Å². The summed E-state index contributed by atoms with van der Waals surface area (Å²) in [5, 5.41) is 6.92. The van der Waals surface area contributed by atoms with E-state index >= 15 is 0 Å². The smallest absolute Gasteiger partial charge is 0.191 e. The summed E-state index contributed by atoms with van der Waals surface area (Å²) < 4.78 is 5.76. The largest absolute Gasteiger partial charge is 0.468 e. The molecule has 6 nitrogen and oxygen atoms in total. The highest BCUT2D eigenvalue weighted by Gasteiger charge is 2.24. The normalized spacial score (nSPS) is 16.6. The highest BCUT2D eigenvalue weighted by Crippen LogP contribution is 2.24. The Morgan fingerprint density at radius 3 is 2.43 bits per heavy atom. The maximum absolute atomic E-state index is 5.76. The van der Waals surface area contributed by atoms with E-state index in [2.05, 4.69) is 71.8 Å². The predicted octanol–water partition coefficient (Wildman–Crippen LogP) is 3.62. The molecule has 1 unspecified atom stereocenters. The molecule has 1 fully saturated rings. The molecule has 164 valence electrons. The predicted molar refractivity (Wildman–Crippen MR) is 124 cm³/mol. The Hall–Kier alpha value is -2.31. The minimum atomic E-state index is 0.231. The Morgan fingerprint density at radius 2 is 1.80 bits per heavy atom. The number of hydrogen-bond donors (Lipinski definition) is 2. The molecule has 2 heterocycles. The van der Waals surface area contributed by atoms with Gasteiger partial charge in [-0.15, -0.1) is 0 Å². The first-order chi connectivity index (χ1) is 14.7. The van der Waals surface area contributed by atoms with Crippen molar-refractivity contribution in [3.8, 4) is 0 Å². The summed E-state index contributed by atoms with van der Waals surface area (Å²) in [5.41, 5.74) is 2.54. The highest BCUT2D eigenvalue weighted by atomic mass is 16.3. The fourth-order valence-corrected chi connectivity index (χ4v) is 3.94. The zero-order chi connectivity index (χ0) is 21.2. The van der Waals surface area contributed by atoms with Crippen molar-refractivity contribution in [2.45, 2.75) is 45.3 Å². The molecular formula is C24H37N5O. The van der Waals surface area contributed by atoms with Crippen molar-refractivity contribution in [2.75, 3.05) is 40.3 Å². The molecule has 1 saturated heterocycles. The van der Waals surface area contributed by atoms with Crippen LogP contribution in [0.4, 0.5) is 0 Å². The van der Waals surface area contributed by atoms with Crippen LogP contribution in [0.1, 0.15) is 49.1 Å². The summed E-state index contributed by atoms with van der Waals surface area (Å²) >= 11 is 0. The second-order valence-electron chi connectivity index (χ2n) is 8.26. The third-order valence-electron chi connectivity index (χ3n) is 5.45. The van der Waals surface area contributed by atoms with Crippen molar-refractivity contribution in [3.63, 3.8) is 0 Å². The molecule has 2 aromatic rings. The first-order valence-corrected chi connectivity index (χ1v) is 11.2. The standard InChI is InChI=1S/C24H37N5O/c1-4-25-24(26-17-20-10-12-21(13-11-20)19-28(2)3)27-18-22(23-9-8-16-30-23)29-14-6-5-7-15-29/h8-13,16,22H,4-7,14-15,17-19H2,1-3H3,(H2,25,26,27). The van der Waals surface area contributed by atoms with Gasteiger partial charge in [0.25, 0.3) is 0 Å². The molecule has 0 amide bonds. The van der Waals surface area contributed by atoms with Gasteiger partial charge in [0.05, 0.1) is 18.8 Å². The Labute approximate surface area is 181 Å². The van der Waals surface area contributed by atoms with Gasteiger partial charge in [-0.2, -0.15) is 0 Å². The van der Waals surface area contributed by atoms with Gasteiger partial charge in [0.1, 0.15) is 5.76 Å². The number of likely N-dealkylation sites (tertiary alicyclic amines) is 1. The fraction of sp³-hybridized carbons (Fsp3) is 0.542. The summed E-state index contributed by atoms with van der Waals surface area (Å²) in [5.74, 6) is 1.88. The monoisotopic (exact) mass is 411 g/mol.